The fourth-order valence-electron chi connectivity index (χ4n) is 3.49. The van der Waals surface area contributed by atoms with Crippen LogP contribution in [0.1, 0.15) is 39.2 Å². The Morgan fingerprint density at radius 1 is 0.966 bits per heavy atom. The van der Waals surface area contributed by atoms with Crippen molar-refractivity contribution in [1.29, 1.82) is 0 Å². The predicted octanol–water partition coefficient (Wildman–Crippen LogP) is 4.99. The van der Waals surface area contributed by atoms with Crippen LogP contribution in [0.15, 0.2) is 59.5 Å². The van der Waals surface area contributed by atoms with E-state index in [-0.39, 0.29) is 10.8 Å². The molecule has 1 aliphatic rings. The molecule has 1 amide bonds. The van der Waals surface area contributed by atoms with E-state index in [2.05, 4.69) is 10.0 Å². The third-order valence-corrected chi connectivity index (χ3v) is 7.69. The van der Waals surface area contributed by atoms with Crippen molar-refractivity contribution in [1.82, 2.24) is 0 Å². The second kappa shape index (κ2) is 8.00. The second-order valence-corrected chi connectivity index (χ2v) is 9.94. The molecule has 150 valence electrons. The molecular weight excluding hydrogens is 404 g/mol. The summed E-state index contributed by atoms with van der Waals surface area (Å²) in [5, 5.41) is 3.31. The summed E-state index contributed by atoms with van der Waals surface area (Å²) in [4.78, 5) is 14.4. The summed E-state index contributed by atoms with van der Waals surface area (Å²) in [5.74, 6) is -0.279. The Balaban J connectivity index is 1.70. The fraction of sp³-hybridized carbons (Fsp3) is 0.227. The molecular formula is C22H22N2O3S2. The van der Waals surface area contributed by atoms with Crippen LogP contribution in [-0.4, -0.2) is 14.3 Å². The first-order valence-electron chi connectivity index (χ1n) is 9.54. The van der Waals surface area contributed by atoms with Crippen molar-refractivity contribution in [2.75, 3.05) is 10.0 Å². The Morgan fingerprint density at radius 3 is 2.38 bits per heavy atom. The number of nitrogens with one attached hydrogen (secondary N) is 2. The first-order chi connectivity index (χ1) is 13.9. The average molecular weight is 427 g/mol. The molecule has 29 heavy (non-hydrogen) atoms. The van der Waals surface area contributed by atoms with Gasteiger partial charge < -0.3 is 5.32 Å². The molecule has 5 nitrogen and oxygen atoms in total. The van der Waals surface area contributed by atoms with E-state index >= 15 is 0 Å². The van der Waals surface area contributed by atoms with E-state index in [9.17, 15) is 13.2 Å². The first-order valence-corrected chi connectivity index (χ1v) is 11.8. The maximum atomic E-state index is 13.1. The Morgan fingerprint density at radius 2 is 1.66 bits per heavy atom. The van der Waals surface area contributed by atoms with E-state index < -0.39 is 10.0 Å². The van der Waals surface area contributed by atoms with Crippen LogP contribution in [0, 0.1) is 6.92 Å². The Bertz CT molecular complexity index is 1130. The number of thiophene rings is 1. The molecule has 0 spiro atoms. The molecule has 1 aromatic heterocycles. The number of carbonyl (C=O) groups excluding carboxylic acids is 1. The van der Waals surface area contributed by atoms with Crippen molar-refractivity contribution in [3.05, 3.63) is 76.2 Å². The Labute approximate surface area is 174 Å². The molecule has 3 aromatic rings. The molecule has 4 rings (SSSR count). The lowest BCUT2D eigenvalue weighted by Gasteiger charge is -2.14. The summed E-state index contributed by atoms with van der Waals surface area (Å²) in [6, 6.07) is 15.8. The van der Waals surface area contributed by atoms with E-state index in [4.69, 9.17) is 0 Å². The van der Waals surface area contributed by atoms with Gasteiger partial charge in [-0.05, 0) is 62.4 Å². The summed E-state index contributed by atoms with van der Waals surface area (Å²) in [6.07, 6.45) is 3.71. The van der Waals surface area contributed by atoms with Gasteiger partial charge in [0, 0.05) is 10.6 Å². The van der Waals surface area contributed by atoms with Crippen LogP contribution in [-0.2, 0) is 22.9 Å². The number of sulfonamides is 1. The van der Waals surface area contributed by atoms with Gasteiger partial charge in [0.05, 0.1) is 10.5 Å². The third kappa shape index (κ3) is 4.21. The lowest BCUT2D eigenvalue weighted by molar-refractivity contribution is 0.102. The standard InChI is InChI=1S/C22H22N2O3S2/c1-15-11-13-16(14-12-15)23-21(25)20-18-9-5-6-10-19(18)28-22(20)24-29(26,27)17-7-3-2-4-8-17/h2-4,7-8,11-14,24H,5-6,9-10H2,1H3,(H,23,25). The van der Waals surface area contributed by atoms with E-state index in [0.29, 0.717) is 16.3 Å². The molecule has 0 aliphatic heterocycles. The molecule has 2 aromatic carbocycles. The number of amides is 1. The van der Waals surface area contributed by atoms with Crippen LogP contribution in [0.5, 0.6) is 0 Å². The van der Waals surface area contributed by atoms with Crippen molar-refractivity contribution in [3.63, 3.8) is 0 Å². The van der Waals surface area contributed by atoms with Crippen LogP contribution < -0.4 is 10.0 Å². The first kappa shape index (κ1) is 19.7. The van der Waals surface area contributed by atoms with Crippen LogP contribution in [0.25, 0.3) is 0 Å². The normalized spacial score (nSPS) is 13.6. The molecule has 0 fully saturated rings. The van der Waals surface area contributed by atoms with Gasteiger partial charge in [0.15, 0.2) is 0 Å². The second-order valence-electron chi connectivity index (χ2n) is 7.15. The van der Waals surface area contributed by atoms with Gasteiger partial charge in [0.1, 0.15) is 5.00 Å². The zero-order valence-electron chi connectivity index (χ0n) is 16.1. The number of fused-ring (bicyclic) bond motifs is 1. The highest BCUT2D eigenvalue weighted by Gasteiger charge is 2.28. The molecule has 7 heteroatoms. The molecule has 1 heterocycles. The number of hydrogen-bond donors (Lipinski definition) is 2. The summed E-state index contributed by atoms with van der Waals surface area (Å²) in [5.41, 5.74) is 3.21. The predicted molar refractivity (Wildman–Crippen MR) is 117 cm³/mol. The Hall–Kier alpha value is -2.64. The van der Waals surface area contributed by atoms with Crippen molar-refractivity contribution < 1.29 is 13.2 Å². The van der Waals surface area contributed by atoms with Crippen molar-refractivity contribution in [2.45, 2.75) is 37.5 Å². The highest BCUT2D eigenvalue weighted by molar-refractivity contribution is 7.93. The summed E-state index contributed by atoms with van der Waals surface area (Å²) in [7, 11) is -3.77. The van der Waals surface area contributed by atoms with Gasteiger partial charge in [-0.2, -0.15) is 0 Å². The topological polar surface area (TPSA) is 75.3 Å². The maximum absolute atomic E-state index is 13.1. The molecule has 1 aliphatic carbocycles. The third-order valence-electron chi connectivity index (χ3n) is 4.99. The zero-order valence-corrected chi connectivity index (χ0v) is 17.7. The number of rotatable bonds is 5. The van der Waals surface area contributed by atoms with Gasteiger partial charge in [0.25, 0.3) is 15.9 Å². The summed E-state index contributed by atoms with van der Waals surface area (Å²) >= 11 is 1.37. The lowest BCUT2D eigenvalue weighted by Crippen LogP contribution is -2.19. The fourth-order valence-corrected chi connectivity index (χ4v) is 6.10. The van der Waals surface area contributed by atoms with Crippen LogP contribution in [0.3, 0.4) is 0 Å². The minimum absolute atomic E-state index is 0.177. The maximum Gasteiger partial charge on any atom is 0.262 e. The highest BCUT2D eigenvalue weighted by atomic mass is 32.2. The van der Waals surface area contributed by atoms with Crippen LogP contribution >= 0.6 is 11.3 Å². The van der Waals surface area contributed by atoms with Gasteiger partial charge >= 0.3 is 0 Å². The van der Waals surface area contributed by atoms with Crippen LogP contribution in [0.2, 0.25) is 0 Å². The van der Waals surface area contributed by atoms with E-state index in [1.165, 1.54) is 11.3 Å². The smallest absolute Gasteiger partial charge is 0.262 e. The minimum atomic E-state index is -3.77. The van der Waals surface area contributed by atoms with Gasteiger partial charge in [-0.15, -0.1) is 11.3 Å². The largest absolute Gasteiger partial charge is 0.322 e. The average Bonchev–Trinajstić information content (AvgIpc) is 3.07. The van der Waals surface area contributed by atoms with Crippen molar-refractivity contribution in [2.24, 2.45) is 0 Å². The molecule has 0 bridgehead atoms. The van der Waals surface area contributed by atoms with Gasteiger partial charge in [-0.25, -0.2) is 8.42 Å². The number of carbonyl (C=O) groups is 1. The zero-order chi connectivity index (χ0) is 20.4. The number of hydrogen-bond acceptors (Lipinski definition) is 4. The SMILES string of the molecule is Cc1ccc(NC(=O)c2c(NS(=O)(=O)c3ccccc3)sc3c2CCCC3)cc1. The molecule has 0 radical (unpaired) electrons. The van der Waals surface area contributed by atoms with E-state index in [0.717, 1.165) is 41.7 Å². The quantitative estimate of drug-likeness (QED) is 0.604. The van der Waals surface area contributed by atoms with Crippen LogP contribution in [0.4, 0.5) is 10.7 Å². The highest BCUT2D eigenvalue weighted by Crippen LogP contribution is 2.39. The molecule has 0 saturated heterocycles. The molecule has 2 N–H and O–H groups in total. The van der Waals surface area contributed by atoms with E-state index in [1.807, 2.05) is 31.2 Å². The number of aryl methyl sites for hydroxylation is 2. The molecule has 0 saturated carbocycles. The number of benzene rings is 2. The number of anilines is 2. The summed E-state index contributed by atoms with van der Waals surface area (Å²) in [6.45, 7) is 1.98. The monoisotopic (exact) mass is 426 g/mol. The minimum Gasteiger partial charge on any atom is -0.322 e. The van der Waals surface area contributed by atoms with E-state index in [1.54, 1.807) is 30.3 Å². The van der Waals surface area contributed by atoms with Gasteiger partial charge in [0.2, 0.25) is 0 Å². The van der Waals surface area contributed by atoms with Crippen molar-refractivity contribution in [3.8, 4) is 0 Å². The Kier molecular flexibility index (Phi) is 5.43. The van der Waals surface area contributed by atoms with Crippen molar-refractivity contribution >= 4 is 38.0 Å². The molecule has 0 atom stereocenters. The van der Waals surface area contributed by atoms with Gasteiger partial charge in [-0.3, -0.25) is 9.52 Å². The van der Waals surface area contributed by atoms with Gasteiger partial charge in [-0.1, -0.05) is 35.9 Å². The summed E-state index contributed by atoms with van der Waals surface area (Å²) < 4.78 is 28.4. The molecule has 0 unspecified atom stereocenters. The lowest BCUT2D eigenvalue weighted by atomic mass is 9.95.